The van der Waals surface area contributed by atoms with Crippen LogP contribution in [0, 0.1) is 6.92 Å². The second-order valence-corrected chi connectivity index (χ2v) is 7.61. The zero-order chi connectivity index (χ0) is 20.4. The molecular weight excluding hydrogens is 386 g/mol. The Hall–Kier alpha value is -3.45. The molecular formula is C22H19N3O3S. The number of carbonyl (C=O) groups is 2. The van der Waals surface area contributed by atoms with Crippen molar-refractivity contribution in [1.29, 1.82) is 0 Å². The van der Waals surface area contributed by atoms with Crippen LogP contribution in [0.1, 0.15) is 39.5 Å². The quantitative estimate of drug-likeness (QED) is 0.692. The summed E-state index contributed by atoms with van der Waals surface area (Å²) in [7, 11) is 0. The van der Waals surface area contributed by atoms with Gasteiger partial charge >= 0.3 is 0 Å². The zero-order valence-corrected chi connectivity index (χ0v) is 16.8. The van der Waals surface area contributed by atoms with Crippen molar-refractivity contribution < 1.29 is 14.3 Å². The summed E-state index contributed by atoms with van der Waals surface area (Å²) in [5.74, 6) is -0.0154. The molecule has 1 aliphatic heterocycles. The Labute approximate surface area is 172 Å². The van der Waals surface area contributed by atoms with Gasteiger partial charge in [-0.05, 0) is 42.6 Å². The van der Waals surface area contributed by atoms with Gasteiger partial charge in [0.15, 0.2) is 0 Å². The maximum atomic E-state index is 12.5. The average Bonchev–Trinajstić information content (AvgIpc) is 3.38. The van der Waals surface area contributed by atoms with Crippen molar-refractivity contribution in [3.05, 3.63) is 87.6 Å². The van der Waals surface area contributed by atoms with Crippen molar-refractivity contribution in [1.82, 2.24) is 5.01 Å². The van der Waals surface area contributed by atoms with Crippen LogP contribution < -0.4 is 5.32 Å². The number of carbonyl (C=O) groups excluding carboxylic acids is 2. The van der Waals surface area contributed by atoms with Crippen molar-refractivity contribution in [2.45, 2.75) is 20.1 Å². The molecule has 146 valence electrons. The standard InChI is InChI=1S/C22H19N3O3S/c1-14-8-10-16(11-9-14)20(27)23-18-6-3-5-17(13-18)22-25(15(2)26)24-21(28-22)19-7-4-12-29-19/h3-13,22H,1-2H3,(H,23,27)/t22-/m1/s1. The third kappa shape index (κ3) is 4.05. The molecule has 1 aliphatic rings. The molecule has 0 spiro atoms. The molecule has 2 heterocycles. The summed E-state index contributed by atoms with van der Waals surface area (Å²) in [5.41, 5.74) is 3.00. The molecule has 3 aromatic rings. The molecule has 0 saturated heterocycles. The third-order valence-corrected chi connectivity index (χ3v) is 5.30. The van der Waals surface area contributed by atoms with Gasteiger partial charge in [0.25, 0.3) is 11.8 Å². The lowest BCUT2D eigenvalue weighted by Gasteiger charge is -2.20. The highest BCUT2D eigenvalue weighted by molar-refractivity contribution is 7.12. The zero-order valence-electron chi connectivity index (χ0n) is 16.0. The number of nitrogens with one attached hydrogen (secondary N) is 1. The van der Waals surface area contributed by atoms with Gasteiger partial charge in [-0.25, -0.2) is 0 Å². The first-order valence-electron chi connectivity index (χ1n) is 9.08. The third-order valence-electron chi connectivity index (χ3n) is 4.44. The topological polar surface area (TPSA) is 71.0 Å². The van der Waals surface area contributed by atoms with E-state index in [2.05, 4.69) is 10.4 Å². The van der Waals surface area contributed by atoms with E-state index in [0.717, 1.165) is 16.0 Å². The number of thiophene rings is 1. The Morgan fingerprint density at radius 3 is 2.59 bits per heavy atom. The molecule has 1 N–H and O–H groups in total. The molecule has 0 unspecified atom stereocenters. The van der Waals surface area contributed by atoms with Gasteiger partial charge in [0.1, 0.15) is 0 Å². The summed E-state index contributed by atoms with van der Waals surface area (Å²) in [6.45, 7) is 3.42. The number of nitrogens with zero attached hydrogens (tertiary/aromatic N) is 2. The lowest BCUT2D eigenvalue weighted by molar-refractivity contribution is -0.135. The Balaban J connectivity index is 1.55. The molecule has 0 radical (unpaired) electrons. The SMILES string of the molecule is CC(=O)N1N=C(c2cccs2)O[C@@H]1c1cccc(NC(=O)c2ccc(C)cc2)c1. The van der Waals surface area contributed by atoms with Crippen molar-refractivity contribution in [2.75, 3.05) is 5.32 Å². The number of hydrazone groups is 1. The van der Waals surface area contributed by atoms with Gasteiger partial charge in [-0.2, -0.15) is 5.01 Å². The molecule has 2 aromatic carbocycles. The van der Waals surface area contributed by atoms with Crippen LogP contribution in [0.2, 0.25) is 0 Å². The fourth-order valence-corrected chi connectivity index (χ4v) is 3.61. The number of benzene rings is 2. The summed E-state index contributed by atoms with van der Waals surface area (Å²) < 4.78 is 5.98. The minimum absolute atomic E-state index is 0.201. The number of ether oxygens (including phenoxy) is 1. The van der Waals surface area contributed by atoms with Crippen molar-refractivity contribution in [2.24, 2.45) is 5.10 Å². The molecule has 4 rings (SSSR count). The second kappa shape index (κ2) is 7.89. The van der Waals surface area contributed by atoms with Gasteiger partial charge in [-0.3, -0.25) is 9.59 Å². The first kappa shape index (κ1) is 18.9. The number of hydrogen-bond acceptors (Lipinski definition) is 5. The molecule has 0 aliphatic carbocycles. The fraction of sp³-hybridized carbons (Fsp3) is 0.136. The van der Waals surface area contributed by atoms with Crippen molar-refractivity contribution in [3.8, 4) is 0 Å². The van der Waals surface area contributed by atoms with E-state index in [4.69, 9.17) is 4.74 Å². The first-order chi connectivity index (χ1) is 14.0. The summed E-state index contributed by atoms with van der Waals surface area (Å²) >= 11 is 1.49. The van der Waals surface area contributed by atoms with E-state index in [1.165, 1.54) is 23.3 Å². The minimum Gasteiger partial charge on any atom is -0.445 e. The highest BCUT2D eigenvalue weighted by Gasteiger charge is 2.33. The Kier molecular flexibility index (Phi) is 5.14. The van der Waals surface area contributed by atoms with Gasteiger partial charge < -0.3 is 10.1 Å². The molecule has 2 amide bonds. The van der Waals surface area contributed by atoms with Crippen LogP contribution in [0.4, 0.5) is 5.69 Å². The minimum atomic E-state index is -0.680. The van der Waals surface area contributed by atoms with Crippen molar-refractivity contribution in [3.63, 3.8) is 0 Å². The molecule has 0 saturated carbocycles. The van der Waals surface area contributed by atoms with Crippen LogP contribution in [-0.4, -0.2) is 22.7 Å². The normalized spacial score (nSPS) is 15.6. The largest absolute Gasteiger partial charge is 0.445 e. The lowest BCUT2D eigenvalue weighted by atomic mass is 10.1. The second-order valence-electron chi connectivity index (χ2n) is 6.66. The molecule has 0 bridgehead atoms. The van der Waals surface area contributed by atoms with E-state index < -0.39 is 6.23 Å². The van der Waals surface area contributed by atoms with Gasteiger partial charge in [-0.1, -0.05) is 35.9 Å². The highest BCUT2D eigenvalue weighted by atomic mass is 32.1. The van der Waals surface area contributed by atoms with E-state index in [9.17, 15) is 9.59 Å². The van der Waals surface area contributed by atoms with Crippen LogP contribution in [-0.2, 0) is 9.53 Å². The fourth-order valence-electron chi connectivity index (χ4n) is 2.96. The van der Waals surface area contributed by atoms with E-state index in [-0.39, 0.29) is 11.8 Å². The molecule has 0 fully saturated rings. The van der Waals surface area contributed by atoms with Crippen molar-refractivity contribution >= 4 is 34.7 Å². The maximum Gasteiger partial charge on any atom is 0.255 e. The Morgan fingerprint density at radius 2 is 1.90 bits per heavy atom. The number of amides is 2. The van der Waals surface area contributed by atoms with E-state index in [0.29, 0.717) is 17.1 Å². The predicted molar refractivity (Wildman–Crippen MR) is 113 cm³/mol. The summed E-state index contributed by atoms with van der Waals surface area (Å²) in [4.78, 5) is 25.5. The summed E-state index contributed by atoms with van der Waals surface area (Å²) in [6.07, 6.45) is -0.680. The molecule has 7 heteroatoms. The van der Waals surface area contributed by atoms with Gasteiger partial charge in [0.05, 0.1) is 4.88 Å². The number of anilines is 1. The maximum absolute atomic E-state index is 12.5. The molecule has 6 nitrogen and oxygen atoms in total. The van der Waals surface area contributed by atoms with E-state index in [1.807, 2.05) is 48.7 Å². The number of aryl methyl sites for hydroxylation is 1. The van der Waals surface area contributed by atoms with Crippen LogP contribution in [0.5, 0.6) is 0 Å². The van der Waals surface area contributed by atoms with Crippen LogP contribution >= 0.6 is 11.3 Å². The van der Waals surface area contributed by atoms with Gasteiger partial charge in [-0.15, -0.1) is 16.4 Å². The van der Waals surface area contributed by atoms with E-state index >= 15 is 0 Å². The highest BCUT2D eigenvalue weighted by Crippen LogP contribution is 2.32. The van der Waals surface area contributed by atoms with Crippen LogP contribution in [0.3, 0.4) is 0 Å². The lowest BCUT2D eigenvalue weighted by Crippen LogP contribution is -2.25. The molecule has 29 heavy (non-hydrogen) atoms. The smallest absolute Gasteiger partial charge is 0.255 e. The number of hydrogen-bond donors (Lipinski definition) is 1. The molecule has 1 aromatic heterocycles. The molecule has 1 atom stereocenters. The monoisotopic (exact) mass is 405 g/mol. The average molecular weight is 405 g/mol. The van der Waals surface area contributed by atoms with Crippen LogP contribution in [0.15, 0.2) is 71.1 Å². The van der Waals surface area contributed by atoms with Gasteiger partial charge in [0.2, 0.25) is 12.1 Å². The Bertz CT molecular complexity index is 1070. The first-order valence-corrected chi connectivity index (χ1v) is 9.96. The van der Waals surface area contributed by atoms with Gasteiger partial charge in [0, 0.05) is 23.7 Å². The predicted octanol–water partition coefficient (Wildman–Crippen LogP) is 4.55. The summed E-state index contributed by atoms with van der Waals surface area (Å²) in [6, 6.07) is 18.4. The number of rotatable bonds is 4. The Morgan fingerprint density at radius 1 is 1.10 bits per heavy atom. The van der Waals surface area contributed by atoms with E-state index in [1.54, 1.807) is 24.3 Å². The van der Waals surface area contributed by atoms with Crippen LogP contribution in [0.25, 0.3) is 0 Å². The summed E-state index contributed by atoms with van der Waals surface area (Å²) in [5, 5.41) is 10.5.